The van der Waals surface area contributed by atoms with Crippen LogP contribution >= 0.6 is 0 Å². The van der Waals surface area contributed by atoms with Gasteiger partial charge in [-0.3, -0.25) is 4.79 Å². The minimum Gasteiger partial charge on any atom is -0.493 e. The van der Waals surface area contributed by atoms with Crippen molar-refractivity contribution < 1.29 is 9.53 Å². The molecular formula is C21H23N3O2. The molecule has 1 N–H and O–H groups in total. The molecule has 0 aliphatic rings. The van der Waals surface area contributed by atoms with Crippen molar-refractivity contribution in [2.24, 2.45) is 0 Å². The lowest BCUT2D eigenvalue weighted by Crippen LogP contribution is -2.27. The smallest absolute Gasteiger partial charge is 0.276 e. The van der Waals surface area contributed by atoms with E-state index >= 15 is 0 Å². The van der Waals surface area contributed by atoms with Crippen LogP contribution in [0, 0.1) is 0 Å². The number of carbonyl (C=O) groups excluding carboxylic acids is 1. The second kappa shape index (κ2) is 7.87. The van der Waals surface area contributed by atoms with Gasteiger partial charge in [0.2, 0.25) is 0 Å². The van der Waals surface area contributed by atoms with Crippen molar-refractivity contribution in [2.45, 2.75) is 26.3 Å². The molecule has 0 aliphatic carbocycles. The van der Waals surface area contributed by atoms with E-state index in [1.807, 2.05) is 49.4 Å². The van der Waals surface area contributed by atoms with Crippen LogP contribution in [-0.4, -0.2) is 22.8 Å². The monoisotopic (exact) mass is 349 g/mol. The second-order valence-corrected chi connectivity index (χ2v) is 6.12. The molecule has 1 heterocycles. The van der Waals surface area contributed by atoms with Gasteiger partial charge in [0.1, 0.15) is 0 Å². The maximum Gasteiger partial charge on any atom is 0.276 e. The highest BCUT2D eigenvalue weighted by Gasteiger charge is 2.20. The summed E-state index contributed by atoms with van der Waals surface area (Å²) >= 11 is 0. The summed E-state index contributed by atoms with van der Waals surface area (Å²) in [5.41, 5.74) is 3.47. The molecule has 5 heteroatoms. The minimum atomic E-state index is -0.261. The second-order valence-electron chi connectivity index (χ2n) is 6.12. The van der Waals surface area contributed by atoms with E-state index in [1.54, 1.807) is 10.9 Å². The first-order chi connectivity index (χ1) is 12.6. The summed E-state index contributed by atoms with van der Waals surface area (Å²) in [4.78, 5) is 12.7. The molecule has 3 aromatic rings. The number of nitrogens with zero attached hydrogens (tertiary/aromatic N) is 2. The zero-order chi connectivity index (χ0) is 18.5. The lowest BCUT2D eigenvalue weighted by Gasteiger charge is -2.14. The molecule has 1 amide bonds. The zero-order valence-corrected chi connectivity index (χ0v) is 15.3. The Labute approximate surface area is 153 Å². The topological polar surface area (TPSA) is 56.2 Å². The zero-order valence-electron chi connectivity index (χ0n) is 15.3. The van der Waals surface area contributed by atoms with Crippen LogP contribution in [-0.2, 0) is 6.42 Å². The third-order valence-electron chi connectivity index (χ3n) is 4.37. The van der Waals surface area contributed by atoms with Crippen LogP contribution in [0.3, 0.4) is 0 Å². The first-order valence-electron chi connectivity index (χ1n) is 8.71. The molecule has 134 valence electrons. The lowest BCUT2D eigenvalue weighted by molar-refractivity contribution is 0.0931. The van der Waals surface area contributed by atoms with Gasteiger partial charge < -0.3 is 10.1 Å². The van der Waals surface area contributed by atoms with Crippen LogP contribution in [0.1, 0.15) is 41.5 Å². The van der Waals surface area contributed by atoms with E-state index in [0.29, 0.717) is 5.75 Å². The van der Waals surface area contributed by atoms with Crippen molar-refractivity contribution in [1.82, 2.24) is 15.1 Å². The van der Waals surface area contributed by atoms with Gasteiger partial charge in [0.15, 0.2) is 11.4 Å². The number of aryl methyl sites for hydroxylation is 1. The summed E-state index contributed by atoms with van der Waals surface area (Å²) < 4.78 is 6.99. The van der Waals surface area contributed by atoms with E-state index in [0.717, 1.165) is 17.7 Å². The minimum absolute atomic E-state index is 0.125. The maximum absolute atomic E-state index is 12.7. The highest BCUT2D eigenvalue weighted by atomic mass is 16.5. The molecule has 1 unspecified atom stereocenters. The van der Waals surface area contributed by atoms with Gasteiger partial charge in [-0.25, -0.2) is 4.68 Å². The number of nitrogens with one attached hydrogen (secondary N) is 1. The van der Waals surface area contributed by atoms with Gasteiger partial charge >= 0.3 is 0 Å². The van der Waals surface area contributed by atoms with Crippen LogP contribution in [0.5, 0.6) is 5.75 Å². The molecule has 0 radical (unpaired) electrons. The van der Waals surface area contributed by atoms with Crippen molar-refractivity contribution in [2.75, 3.05) is 7.11 Å². The standard InChI is InChI=1S/C21H23N3O2/c1-4-16-10-12-17(13-11-16)15(2)22-21(25)20-19(26-3)14-24(23-20)18-8-6-5-7-9-18/h5-15H,4H2,1-3H3,(H,22,25). The van der Waals surface area contributed by atoms with Crippen molar-refractivity contribution in [3.8, 4) is 11.4 Å². The molecule has 1 aromatic heterocycles. The Kier molecular flexibility index (Phi) is 5.37. The number of ether oxygens (including phenoxy) is 1. The summed E-state index contributed by atoms with van der Waals surface area (Å²) in [5, 5.41) is 7.40. The fourth-order valence-electron chi connectivity index (χ4n) is 2.77. The van der Waals surface area contributed by atoms with E-state index in [-0.39, 0.29) is 17.6 Å². The number of benzene rings is 2. The Morgan fingerprint density at radius 3 is 2.46 bits per heavy atom. The average molecular weight is 349 g/mol. The molecule has 2 aromatic carbocycles. The summed E-state index contributed by atoms with van der Waals surface area (Å²) in [6.45, 7) is 4.08. The van der Waals surface area contributed by atoms with E-state index < -0.39 is 0 Å². The number of amides is 1. The van der Waals surface area contributed by atoms with Crippen molar-refractivity contribution in [3.05, 3.63) is 77.6 Å². The molecular weight excluding hydrogens is 326 g/mol. The Hall–Kier alpha value is -3.08. The normalized spacial score (nSPS) is 11.8. The average Bonchev–Trinajstić information content (AvgIpc) is 3.13. The third kappa shape index (κ3) is 3.77. The van der Waals surface area contributed by atoms with Gasteiger partial charge in [0.05, 0.1) is 25.0 Å². The van der Waals surface area contributed by atoms with Gasteiger partial charge in [0.25, 0.3) is 5.91 Å². The molecule has 5 nitrogen and oxygen atoms in total. The third-order valence-corrected chi connectivity index (χ3v) is 4.37. The Morgan fingerprint density at radius 1 is 1.15 bits per heavy atom. The number of hydrogen-bond donors (Lipinski definition) is 1. The fourth-order valence-corrected chi connectivity index (χ4v) is 2.77. The number of aromatic nitrogens is 2. The summed E-state index contributed by atoms with van der Waals surface area (Å²) in [6, 6.07) is 17.8. The van der Waals surface area contributed by atoms with Crippen LogP contribution < -0.4 is 10.1 Å². The Balaban J connectivity index is 1.79. The number of rotatable bonds is 6. The largest absolute Gasteiger partial charge is 0.493 e. The maximum atomic E-state index is 12.7. The molecule has 0 aliphatic heterocycles. The van der Waals surface area contributed by atoms with Crippen LogP contribution in [0.15, 0.2) is 60.8 Å². The molecule has 0 spiro atoms. The van der Waals surface area contributed by atoms with Crippen molar-refractivity contribution in [3.63, 3.8) is 0 Å². The SMILES string of the molecule is CCc1ccc(C(C)NC(=O)c2nn(-c3ccccc3)cc2OC)cc1. The number of hydrogen-bond acceptors (Lipinski definition) is 3. The highest BCUT2D eigenvalue weighted by Crippen LogP contribution is 2.21. The van der Waals surface area contributed by atoms with Crippen molar-refractivity contribution in [1.29, 1.82) is 0 Å². The van der Waals surface area contributed by atoms with Crippen LogP contribution in [0.2, 0.25) is 0 Å². The first-order valence-corrected chi connectivity index (χ1v) is 8.71. The van der Waals surface area contributed by atoms with Gasteiger partial charge in [0, 0.05) is 0 Å². The lowest BCUT2D eigenvalue weighted by atomic mass is 10.0. The summed E-state index contributed by atoms with van der Waals surface area (Å²) in [7, 11) is 1.54. The highest BCUT2D eigenvalue weighted by molar-refractivity contribution is 5.95. The molecule has 26 heavy (non-hydrogen) atoms. The van der Waals surface area contributed by atoms with Gasteiger partial charge in [-0.15, -0.1) is 0 Å². The van der Waals surface area contributed by atoms with Gasteiger partial charge in [-0.2, -0.15) is 5.10 Å². The van der Waals surface area contributed by atoms with Crippen molar-refractivity contribution >= 4 is 5.91 Å². The quantitative estimate of drug-likeness (QED) is 0.733. The predicted octanol–water partition coefficient (Wildman–Crippen LogP) is 3.93. The van der Waals surface area contributed by atoms with Gasteiger partial charge in [-0.1, -0.05) is 49.4 Å². The Morgan fingerprint density at radius 2 is 1.85 bits per heavy atom. The number of para-hydroxylation sites is 1. The van der Waals surface area contributed by atoms with E-state index in [4.69, 9.17) is 4.74 Å². The first kappa shape index (κ1) is 17.7. The van der Waals surface area contributed by atoms with Gasteiger partial charge in [-0.05, 0) is 36.6 Å². The predicted molar refractivity (Wildman–Crippen MR) is 102 cm³/mol. The Bertz CT molecular complexity index is 870. The number of methoxy groups -OCH3 is 1. The molecule has 3 rings (SSSR count). The number of carbonyl (C=O) groups is 1. The summed E-state index contributed by atoms with van der Waals surface area (Å²) in [5.74, 6) is 0.184. The molecule has 1 atom stereocenters. The molecule has 0 saturated heterocycles. The molecule has 0 fully saturated rings. The van der Waals surface area contributed by atoms with E-state index in [1.165, 1.54) is 12.7 Å². The fraction of sp³-hybridized carbons (Fsp3) is 0.238. The van der Waals surface area contributed by atoms with E-state index in [9.17, 15) is 4.79 Å². The molecule has 0 bridgehead atoms. The van der Waals surface area contributed by atoms with Crippen LogP contribution in [0.25, 0.3) is 5.69 Å². The van der Waals surface area contributed by atoms with Crippen LogP contribution in [0.4, 0.5) is 0 Å². The molecule has 0 saturated carbocycles. The van der Waals surface area contributed by atoms with E-state index in [2.05, 4.69) is 29.5 Å². The summed E-state index contributed by atoms with van der Waals surface area (Å²) in [6.07, 6.45) is 2.71.